The minimum absolute atomic E-state index is 0.179. The van der Waals surface area contributed by atoms with Gasteiger partial charge in [0.25, 0.3) is 5.91 Å². The number of amides is 2. The lowest BCUT2D eigenvalue weighted by molar-refractivity contribution is -0.115. The van der Waals surface area contributed by atoms with Crippen molar-refractivity contribution in [2.75, 3.05) is 10.6 Å². The van der Waals surface area contributed by atoms with Gasteiger partial charge in [-0.25, -0.2) is 9.97 Å². The molecule has 2 aromatic heterocycles. The Morgan fingerprint density at radius 3 is 2.60 bits per heavy atom. The minimum atomic E-state index is -0.380. The fourth-order valence-corrected chi connectivity index (χ4v) is 2.95. The molecule has 0 aliphatic heterocycles. The zero-order chi connectivity index (χ0) is 17.6. The van der Waals surface area contributed by atoms with Gasteiger partial charge in [0.15, 0.2) is 5.13 Å². The van der Waals surface area contributed by atoms with Gasteiger partial charge in [0.2, 0.25) is 5.91 Å². The minimum Gasteiger partial charge on any atom is -0.305 e. The molecule has 0 aliphatic rings. The molecule has 3 rings (SSSR count). The highest BCUT2D eigenvalue weighted by molar-refractivity contribution is 9.10. The number of hydrogen-bond acceptors (Lipinski definition) is 5. The number of thiazole rings is 1. The molecule has 6 nitrogen and oxygen atoms in total. The molecular formula is C17H13BrN4O2S. The van der Waals surface area contributed by atoms with Crippen LogP contribution in [0.1, 0.15) is 16.1 Å². The molecule has 3 aromatic rings. The maximum Gasteiger partial charge on any atom is 0.276 e. The summed E-state index contributed by atoms with van der Waals surface area (Å²) in [6.45, 7) is 0. The van der Waals surface area contributed by atoms with Crippen LogP contribution in [0.2, 0.25) is 0 Å². The molecular weight excluding hydrogens is 404 g/mol. The normalized spacial score (nSPS) is 10.3. The highest BCUT2D eigenvalue weighted by Crippen LogP contribution is 2.17. The number of pyridine rings is 1. The van der Waals surface area contributed by atoms with E-state index < -0.39 is 0 Å². The summed E-state index contributed by atoms with van der Waals surface area (Å²) >= 11 is 4.48. The number of benzene rings is 1. The van der Waals surface area contributed by atoms with E-state index in [4.69, 9.17) is 0 Å². The Bertz CT molecular complexity index is 881. The van der Waals surface area contributed by atoms with Crippen molar-refractivity contribution in [3.05, 3.63) is 69.8 Å². The summed E-state index contributed by atoms with van der Waals surface area (Å²) in [6, 6.07) is 12.9. The van der Waals surface area contributed by atoms with Crippen molar-refractivity contribution in [2.24, 2.45) is 0 Å². The van der Waals surface area contributed by atoms with E-state index in [0.717, 1.165) is 10.0 Å². The van der Waals surface area contributed by atoms with E-state index in [1.165, 1.54) is 11.3 Å². The molecule has 126 valence electrons. The fourth-order valence-electron chi connectivity index (χ4n) is 2.01. The first kappa shape index (κ1) is 17.2. The van der Waals surface area contributed by atoms with E-state index in [1.807, 2.05) is 30.3 Å². The predicted molar refractivity (Wildman–Crippen MR) is 101 cm³/mol. The lowest BCUT2D eigenvalue weighted by Gasteiger charge is -2.02. The van der Waals surface area contributed by atoms with Crippen LogP contribution in [0.15, 0.2) is 58.5 Å². The Kier molecular flexibility index (Phi) is 5.52. The van der Waals surface area contributed by atoms with Gasteiger partial charge in [-0.2, -0.15) is 0 Å². The van der Waals surface area contributed by atoms with Crippen LogP contribution in [0, 0.1) is 0 Å². The van der Waals surface area contributed by atoms with E-state index in [2.05, 4.69) is 36.5 Å². The van der Waals surface area contributed by atoms with E-state index in [-0.39, 0.29) is 23.9 Å². The van der Waals surface area contributed by atoms with Crippen molar-refractivity contribution >= 4 is 50.0 Å². The second-order valence-corrected chi connectivity index (χ2v) is 6.84. The molecule has 8 heteroatoms. The quantitative estimate of drug-likeness (QED) is 0.663. The van der Waals surface area contributed by atoms with Crippen molar-refractivity contribution in [2.45, 2.75) is 6.42 Å². The van der Waals surface area contributed by atoms with Gasteiger partial charge < -0.3 is 10.6 Å². The number of carbonyl (C=O) groups excluding carboxylic acids is 2. The van der Waals surface area contributed by atoms with Crippen LogP contribution >= 0.6 is 27.3 Å². The largest absolute Gasteiger partial charge is 0.305 e. The van der Waals surface area contributed by atoms with Crippen molar-refractivity contribution in [1.82, 2.24) is 9.97 Å². The molecule has 25 heavy (non-hydrogen) atoms. The van der Waals surface area contributed by atoms with Gasteiger partial charge in [-0.05, 0) is 33.6 Å². The summed E-state index contributed by atoms with van der Waals surface area (Å²) in [5.74, 6) is -0.132. The van der Waals surface area contributed by atoms with E-state index in [9.17, 15) is 9.59 Å². The van der Waals surface area contributed by atoms with E-state index >= 15 is 0 Å². The Hall–Kier alpha value is -2.58. The highest BCUT2D eigenvalue weighted by atomic mass is 79.9. The number of halogens is 1. The first-order valence-electron chi connectivity index (χ1n) is 7.32. The van der Waals surface area contributed by atoms with Crippen molar-refractivity contribution < 1.29 is 9.59 Å². The first-order valence-corrected chi connectivity index (χ1v) is 8.99. The number of hydrogen-bond donors (Lipinski definition) is 2. The van der Waals surface area contributed by atoms with Crippen LogP contribution in [-0.4, -0.2) is 21.8 Å². The first-order chi connectivity index (χ1) is 12.1. The summed E-state index contributed by atoms with van der Waals surface area (Å²) in [5, 5.41) is 7.33. The molecule has 0 saturated heterocycles. The zero-order valence-corrected chi connectivity index (χ0v) is 15.3. The summed E-state index contributed by atoms with van der Waals surface area (Å²) in [5.41, 5.74) is 1.14. The Labute approximate surface area is 156 Å². The number of nitrogens with one attached hydrogen (secondary N) is 2. The molecule has 0 aliphatic carbocycles. The second kappa shape index (κ2) is 8.00. The molecule has 2 heterocycles. The number of nitrogens with zero attached hydrogens (tertiary/aromatic N) is 2. The Balaban J connectivity index is 1.59. The van der Waals surface area contributed by atoms with Gasteiger partial charge >= 0.3 is 0 Å². The number of carbonyl (C=O) groups is 2. The smallest absolute Gasteiger partial charge is 0.276 e. The third-order valence-electron chi connectivity index (χ3n) is 3.16. The van der Waals surface area contributed by atoms with Crippen molar-refractivity contribution in [1.29, 1.82) is 0 Å². The highest BCUT2D eigenvalue weighted by Gasteiger charge is 2.13. The second-order valence-electron chi connectivity index (χ2n) is 5.06. The van der Waals surface area contributed by atoms with Gasteiger partial charge in [0.05, 0.1) is 6.42 Å². The van der Waals surface area contributed by atoms with Crippen LogP contribution in [0.5, 0.6) is 0 Å². The maximum atomic E-state index is 12.2. The lowest BCUT2D eigenvalue weighted by atomic mass is 10.1. The summed E-state index contributed by atoms with van der Waals surface area (Å²) in [7, 11) is 0. The number of rotatable bonds is 5. The molecule has 2 amide bonds. The molecule has 0 bridgehead atoms. The van der Waals surface area contributed by atoms with Crippen LogP contribution < -0.4 is 10.6 Å². The summed E-state index contributed by atoms with van der Waals surface area (Å²) in [4.78, 5) is 32.4. The third-order valence-corrected chi connectivity index (χ3v) is 4.39. The van der Waals surface area contributed by atoms with Crippen LogP contribution in [0.3, 0.4) is 0 Å². The van der Waals surface area contributed by atoms with Gasteiger partial charge in [-0.1, -0.05) is 30.3 Å². The molecule has 0 unspecified atom stereocenters. The van der Waals surface area contributed by atoms with Crippen LogP contribution in [-0.2, 0) is 11.2 Å². The van der Waals surface area contributed by atoms with E-state index in [1.54, 1.807) is 23.7 Å². The summed E-state index contributed by atoms with van der Waals surface area (Å²) < 4.78 is 0.822. The van der Waals surface area contributed by atoms with Crippen LogP contribution in [0.4, 0.5) is 10.9 Å². The SMILES string of the molecule is O=C(Cc1ccccc1)Nc1nc(C(=O)Nc2ccc(Br)cn2)cs1. The van der Waals surface area contributed by atoms with Gasteiger partial charge in [-0.15, -0.1) is 11.3 Å². The molecule has 0 radical (unpaired) electrons. The van der Waals surface area contributed by atoms with Gasteiger partial charge in [-0.3, -0.25) is 9.59 Å². The molecule has 0 saturated carbocycles. The molecule has 0 atom stereocenters. The van der Waals surface area contributed by atoms with Gasteiger partial charge in [0.1, 0.15) is 11.5 Å². The predicted octanol–water partition coefficient (Wildman–Crippen LogP) is 3.73. The topological polar surface area (TPSA) is 84.0 Å². The Morgan fingerprint density at radius 1 is 1.08 bits per heavy atom. The monoisotopic (exact) mass is 416 g/mol. The lowest BCUT2D eigenvalue weighted by Crippen LogP contribution is -2.16. The Morgan fingerprint density at radius 2 is 1.88 bits per heavy atom. The van der Waals surface area contributed by atoms with E-state index in [0.29, 0.717) is 10.9 Å². The molecule has 1 aromatic carbocycles. The van der Waals surface area contributed by atoms with Gasteiger partial charge in [0, 0.05) is 16.0 Å². The number of aromatic nitrogens is 2. The third kappa shape index (κ3) is 4.94. The average molecular weight is 417 g/mol. The molecule has 2 N–H and O–H groups in total. The molecule has 0 spiro atoms. The molecule has 0 fully saturated rings. The zero-order valence-electron chi connectivity index (χ0n) is 12.9. The summed E-state index contributed by atoms with van der Waals surface area (Å²) in [6.07, 6.45) is 1.84. The van der Waals surface area contributed by atoms with Crippen molar-refractivity contribution in [3.63, 3.8) is 0 Å². The average Bonchev–Trinajstić information content (AvgIpc) is 3.06. The van der Waals surface area contributed by atoms with Crippen molar-refractivity contribution in [3.8, 4) is 0 Å². The van der Waals surface area contributed by atoms with Crippen LogP contribution in [0.25, 0.3) is 0 Å². The fraction of sp³-hybridized carbons (Fsp3) is 0.0588. The standard InChI is InChI=1S/C17H13BrN4O2S/c18-12-6-7-14(19-9-12)21-16(24)13-10-25-17(20-13)22-15(23)8-11-4-2-1-3-5-11/h1-7,9-10H,8H2,(H,19,21,24)(H,20,22,23). The maximum absolute atomic E-state index is 12.2. The number of anilines is 2.